The maximum Gasteiger partial charge on any atom is 0.274 e. The molecular weight excluding hydrogens is 273 g/mol. The van der Waals surface area contributed by atoms with Gasteiger partial charge in [-0.15, -0.1) is 0 Å². The van der Waals surface area contributed by atoms with Gasteiger partial charge in [0.2, 0.25) is 0 Å². The molecule has 22 heavy (non-hydrogen) atoms. The molecular formula is C18H22BNO2. The van der Waals surface area contributed by atoms with Crippen molar-refractivity contribution < 1.29 is 9.63 Å². The number of hydroxylamine groups is 1. The number of nitrogens with one attached hydrogen (secondary N) is 1. The summed E-state index contributed by atoms with van der Waals surface area (Å²) < 4.78 is 0. The standard InChI is InChI=1S/C18H22BNO2/c1-11-13(3)17(19)14(4)12(2)16(11)10-22-20-18(21)15-8-6-5-7-9-15/h5-9H,10,19H2,1-4H3,(H,20,21). The number of amides is 1. The van der Waals surface area contributed by atoms with Crippen molar-refractivity contribution in [2.24, 2.45) is 0 Å². The number of benzene rings is 2. The van der Waals surface area contributed by atoms with Crippen LogP contribution in [0.4, 0.5) is 0 Å². The number of hydrogen-bond donors (Lipinski definition) is 1. The normalized spacial score (nSPS) is 10.5. The van der Waals surface area contributed by atoms with Crippen LogP contribution in [0.2, 0.25) is 0 Å². The Labute approximate surface area is 133 Å². The fourth-order valence-corrected chi connectivity index (χ4v) is 2.62. The highest BCUT2D eigenvalue weighted by molar-refractivity contribution is 6.34. The Bertz CT molecular complexity index is 667. The van der Waals surface area contributed by atoms with Crippen LogP contribution in [-0.2, 0) is 11.4 Å². The smallest absolute Gasteiger partial charge is 0.269 e. The van der Waals surface area contributed by atoms with E-state index in [1.807, 2.05) is 18.2 Å². The summed E-state index contributed by atoms with van der Waals surface area (Å²) in [7, 11) is 2.15. The molecule has 0 aliphatic rings. The lowest BCUT2D eigenvalue weighted by molar-refractivity contribution is 0.0230. The highest BCUT2D eigenvalue weighted by Gasteiger charge is 2.13. The molecule has 0 aliphatic carbocycles. The predicted octanol–water partition coefficient (Wildman–Crippen LogP) is 2.04. The second-order valence-corrected chi connectivity index (χ2v) is 5.69. The minimum absolute atomic E-state index is 0.225. The highest BCUT2D eigenvalue weighted by atomic mass is 16.6. The van der Waals surface area contributed by atoms with Crippen LogP contribution in [-0.4, -0.2) is 13.8 Å². The first-order chi connectivity index (χ1) is 10.4. The molecule has 0 saturated heterocycles. The van der Waals surface area contributed by atoms with Crippen LogP contribution in [0.25, 0.3) is 0 Å². The van der Waals surface area contributed by atoms with Gasteiger partial charge in [0, 0.05) is 5.56 Å². The summed E-state index contributed by atoms with van der Waals surface area (Å²) in [5.41, 5.74) is 10.6. The largest absolute Gasteiger partial charge is 0.274 e. The average Bonchev–Trinajstić information content (AvgIpc) is 2.55. The molecule has 0 unspecified atom stereocenters. The van der Waals surface area contributed by atoms with E-state index in [-0.39, 0.29) is 5.91 Å². The summed E-state index contributed by atoms with van der Waals surface area (Å²) >= 11 is 0. The van der Waals surface area contributed by atoms with Gasteiger partial charge < -0.3 is 0 Å². The van der Waals surface area contributed by atoms with E-state index in [9.17, 15) is 4.79 Å². The Balaban J connectivity index is 2.08. The molecule has 3 nitrogen and oxygen atoms in total. The molecule has 4 heteroatoms. The van der Waals surface area contributed by atoms with Gasteiger partial charge in [0.15, 0.2) is 0 Å². The third-order valence-electron chi connectivity index (χ3n) is 4.57. The average molecular weight is 295 g/mol. The molecule has 114 valence electrons. The van der Waals surface area contributed by atoms with Gasteiger partial charge in [0.1, 0.15) is 14.5 Å². The zero-order valence-corrected chi connectivity index (χ0v) is 13.9. The molecule has 2 rings (SSSR count). The van der Waals surface area contributed by atoms with Crippen LogP contribution in [0.1, 0.15) is 38.2 Å². The first-order valence-corrected chi connectivity index (χ1v) is 7.46. The van der Waals surface area contributed by atoms with E-state index in [0.29, 0.717) is 12.2 Å². The summed E-state index contributed by atoms with van der Waals surface area (Å²) in [5, 5.41) is 0. The van der Waals surface area contributed by atoms with E-state index >= 15 is 0 Å². The zero-order chi connectivity index (χ0) is 16.3. The number of rotatable bonds is 4. The monoisotopic (exact) mass is 295 g/mol. The molecule has 0 bridgehead atoms. The summed E-state index contributed by atoms with van der Waals surface area (Å²) in [6, 6.07) is 9.05. The van der Waals surface area contributed by atoms with Crippen LogP contribution in [0.15, 0.2) is 30.3 Å². The minimum atomic E-state index is -0.225. The Morgan fingerprint density at radius 3 is 2.09 bits per heavy atom. The molecule has 0 heterocycles. The van der Waals surface area contributed by atoms with Gasteiger partial charge in [-0.3, -0.25) is 9.63 Å². The van der Waals surface area contributed by atoms with Gasteiger partial charge in [0.25, 0.3) is 5.91 Å². The van der Waals surface area contributed by atoms with Crippen molar-refractivity contribution in [2.45, 2.75) is 34.3 Å². The molecule has 0 aliphatic heterocycles. The highest BCUT2D eigenvalue weighted by Crippen LogP contribution is 2.20. The van der Waals surface area contributed by atoms with Gasteiger partial charge in [-0.1, -0.05) is 34.8 Å². The second-order valence-electron chi connectivity index (χ2n) is 5.69. The molecule has 2 aromatic rings. The van der Waals surface area contributed by atoms with Gasteiger partial charge >= 0.3 is 0 Å². The van der Waals surface area contributed by atoms with Crippen molar-refractivity contribution in [1.82, 2.24) is 5.48 Å². The Morgan fingerprint density at radius 2 is 1.55 bits per heavy atom. The van der Waals surface area contributed by atoms with E-state index < -0.39 is 0 Å². The topological polar surface area (TPSA) is 38.3 Å². The lowest BCUT2D eigenvalue weighted by atomic mass is 9.80. The molecule has 0 fully saturated rings. The first-order valence-electron chi connectivity index (χ1n) is 7.46. The van der Waals surface area contributed by atoms with Crippen molar-refractivity contribution >= 4 is 19.2 Å². The summed E-state index contributed by atoms with van der Waals surface area (Å²) in [6.07, 6.45) is 0. The maximum absolute atomic E-state index is 12.0. The van der Waals surface area contributed by atoms with E-state index in [2.05, 4.69) is 41.0 Å². The Morgan fingerprint density at radius 1 is 1.00 bits per heavy atom. The van der Waals surface area contributed by atoms with Crippen molar-refractivity contribution in [3.63, 3.8) is 0 Å². The van der Waals surface area contributed by atoms with Crippen LogP contribution in [0.5, 0.6) is 0 Å². The van der Waals surface area contributed by atoms with Gasteiger partial charge in [0.05, 0.1) is 0 Å². The van der Waals surface area contributed by atoms with Crippen molar-refractivity contribution in [2.75, 3.05) is 0 Å². The van der Waals surface area contributed by atoms with Crippen LogP contribution >= 0.6 is 0 Å². The quantitative estimate of drug-likeness (QED) is 0.692. The Kier molecular flexibility index (Phi) is 5.04. The maximum atomic E-state index is 12.0. The first kappa shape index (κ1) is 16.3. The second kappa shape index (κ2) is 6.80. The molecule has 1 N–H and O–H groups in total. The van der Waals surface area contributed by atoms with Crippen molar-refractivity contribution in [3.8, 4) is 0 Å². The summed E-state index contributed by atoms with van der Waals surface area (Å²) in [4.78, 5) is 17.4. The van der Waals surface area contributed by atoms with Gasteiger partial charge in [-0.25, -0.2) is 5.48 Å². The molecule has 1 amide bonds. The zero-order valence-electron chi connectivity index (χ0n) is 13.9. The third-order valence-corrected chi connectivity index (χ3v) is 4.57. The Hall–Kier alpha value is -2.07. The van der Waals surface area contributed by atoms with E-state index in [0.717, 1.165) is 5.56 Å². The van der Waals surface area contributed by atoms with E-state index in [4.69, 9.17) is 4.84 Å². The molecule has 2 aromatic carbocycles. The van der Waals surface area contributed by atoms with Gasteiger partial charge in [-0.05, 0) is 56.5 Å². The van der Waals surface area contributed by atoms with Crippen LogP contribution < -0.4 is 10.9 Å². The molecule has 0 atom stereocenters. The predicted molar refractivity (Wildman–Crippen MR) is 92.3 cm³/mol. The number of carbonyl (C=O) groups excluding carboxylic acids is 1. The lowest BCUT2D eigenvalue weighted by Gasteiger charge is -2.18. The lowest BCUT2D eigenvalue weighted by Crippen LogP contribution is -2.25. The third kappa shape index (κ3) is 3.23. The molecule has 0 radical (unpaired) electrons. The van der Waals surface area contributed by atoms with E-state index in [1.54, 1.807) is 12.1 Å². The van der Waals surface area contributed by atoms with Crippen LogP contribution in [0.3, 0.4) is 0 Å². The SMILES string of the molecule is Bc1c(C)c(C)c(CONC(=O)c2ccccc2)c(C)c1C. The summed E-state index contributed by atoms with van der Waals surface area (Å²) in [5.74, 6) is -0.225. The van der Waals surface area contributed by atoms with Crippen molar-refractivity contribution in [3.05, 3.63) is 63.7 Å². The van der Waals surface area contributed by atoms with E-state index in [1.165, 1.54) is 27.7 Å². The number of hydrogen-bond acceptors (Lipinski definition) is 2. The fraction of sp³-hybridized carbons (Fsp3) is 0.278. The fourth-order valence-electron chi connectivity index (χ4n) is 2.62. The van der Waals surface area contributed by atoms with Crippen LogP contribution in [0, 0.1) is 27.7 Å². The molecule has 0 aromatic heterocycles. The minimum Gasteiger partial charge on any atom is -0.269 e. The molecule has 0 saturated carbocycles. The molecule has 0 spiro atoms. The number of carbonyl (C=O) groups is 1. The summed E-state index contributed by atoms with van der Waals surface area (Å²) in [6.45, 7) is 8.84. The van der Waals surface area contributed by atoms with Crippen molar-refractivity contribution in [1.29, 1.82) is 0 Å². The van der Waals surface area contributed by atoms with Gasteiger partial charge in [-0.2, -0.15) is 0 Å².